The predicted molar refractivity (Wildman–Crippen MR) is 88.3 cm³/mol. The number of amides is 2. The molecular weight excluding hydrogens is 336 g/mol. The lowest BCUT2D eigenvalue weighted by molar-refractivity contribution is -0.142. The number of carbonyl (C=O) groups excluding carboxylic acids is 2. The number of hydrogen-bond donors (Lipinski definition) is 3. The lowest BCUT2D eigenvalue weighted by Crippen LogP contribution is -2.41. The second-order valence-electron chi connectivity index (χ2n) is 5.67. The first-order valence-corrected chi connectivity index (χ1v) is 7.96. The Labute approximate surface area is 144 Å². The van der Waals surface area contributed by atoms with Crippen molar-refractivity contribution < 1.29 is 24.2 Å². The highest BCUT2D eigenvalue weighted by molar-refractivity contribution is 6.31. The van der Waals surface area contributed by atoms with Crippen LogP contribution in [-0.2, 0) is 9.53 Å². The van der Waals surface area contributed by atoms with E-state index in [0.717, 1.165) is 0 Å². The van der Waals surface area contributed by atoms with Gasteiger partial charge in [0.25, 0.3) is 0 Å². The van der Waals surface area contributed by atoms with Gasteiger partial charge in [0.05, 0.1) is 24.3 Å². The molecule has 0 atom stereocenters. The number of anilines is 1. The lowest BCUT2D eigenvalue weighted by atomic mass is 9.86. The number of carbonyl (C=O) groups is 3. The van der Waals surface area contributed by atoms with Gasteiger partial charge in [-0.1, -0.05) is 11.6 Å². The highest BCUT2D eigenvalue weighted by Crippen LogP contribution is 2.25. The number of urea groups is 1. The number of ether oxygens (including phenoxy) is 1. The van der Waals surface area contributed by atoms with Crippen molar-refractivity contribution in [2.24, 2.45) is 5.92 Å². The average Bonchev–Trinajstić information content (AvgIpc) is 2.56. The average molecular weight is 355 g/mol. The third-order valence-electron chi connectivity index (χ3n) is 4.05. The first-order chi connectivity index (χ1) is 11.4. The molecule has 0 bridgehead atoms. The molecule has 0 heterocycles. The molecule has 1 aromatic carbocycles. The van der Waals surface area contributed by atoms with E-state index < -0.39 is 18.0 Å². The van der Waals surface area contributed by atoms with E-state index in [1.54, 1.807) is 6.07 Å². The smallest absolute Gasteiger partial charge is 0.340 e. The fourth-order valence-electron chi connectivity index (χ4n) is 2.73. The Bertz CT molecular complexity index is 641. The molecule has 1 aliphatic carbocycles. The number of nitrogens with one attached hydrogen (secondary N) is 2. The first kappa shape index (κ1) is 18.1. The molecule has 130 valence electrons. The Kier molecular flexibility index (Phi) is 6.03. The number of aliphatic carboxylic acids is 1. The van der Waals surface area contributed by atoms with Crippen LogP contribution in [0, 0.1) is 5.92 Å². The van der Waals surface area contributed by atoms with E-state index in [4.69, 9.17) is 16.7 Å². The number of rotatable bonds is 4. The summed E-state index contributed by atoms with van der Waals surface area (Å²) in [6, 6.07) is 3.95. The summed E-state index contributed by atoms with van der Waals surface area (Å²) in [6.07, 6.45) is 2.28. The molecule has 8 heteroatoms. The Balaban J connectivity index is 1.96. The van der Waals surface area contributed by atoms with Gasteiger partial charge in [0.2, 0.25) is 0 Å². The molecule has 0 unspecified atom stereocenters. The van der Waals surface area contributed by atoms with Crippen molar-refractivity contribution in [1.82, 2.24) is 5.32 Å². The first-order valence-electron chi connectivity index (χ1n) is 7.59. The SMILES string of the molecule is COC(=O)c1cc(Cl)ccc1NC(=O)NC1CCC(C(=O)O)CC1. The fraction of sp³-hybridized carbons (Fsp3) is 0.438. The highest BCUT2D eigenvalue weighted by atomic mass is 35.5. The van der Waals surface area contributed by atoms with Gasteiger partial charge in [-0.05, 0) is 43.9 Å². The minimum Gasteiger partial charge on any atom is -0.481 e. The molecule has 1 fully saturated rings. The quantitative estimate of drug-likeness (QED) is 0.721. The zero-order valence-corrected chi connectivity index (χ0v) is 13.9. The minimum atomic E-state index is -0.790. The maximum atomic E-state index is 12.1. The van der Waals surface area contributed by atoms with Crippen LogP contribution in [0.4, 0.5) is 10.5 Å². The number of carboxylic acids is 1. The van der Waals surface area contributed by atoms with Crippen LogP contribution in [0.15, 0.2) is 18.2 Å². The predicted octanol–water partition coefficient (Wildman–Crippen LogP) is 2.89. The molecule has 24 heavy (non-hydrogen) atoms. The summed E-state index contributed by atoms with van der Waals surface area (Å²) in [7, 11) is 1.24. The van der Waals surface area contributed by atoms with E-state index >= 15 is 0 Å². The topological polar surface area (TPSA) is 105 Å². The van der Waals surface area contributed by atoms with E-state index in [2.05, 4.69) is 15.4 Å². The van der Waals surface area contributed by atoms with Gasteiger partial charge in [-0.25, -0.2) is 9.59 Å². The van der Waals surface area contributed by atoms with Gasteiger partial charge in [-0.3, -0.25) is 4.79 Å². The number of methoxy groups -OCH3 is 1. The Morgan fingerprint density at radius 1 is 1.21 bits per heavy atom. The van der Waals surface area contributed by atoms with Crippen LogP contribution in [0.2, 0.25) is 5.02 Å². The van der Waals surface area contributed by atoms with Gasteiger partial charge in [0.15, 0.2) is 0 Å². The normalized spacial score (nSPS) is 20.1. The number of carboxylic acid groups (broad SMARTS) is 1. The summed E-state index contributed by atoms with van der Waals surface area (Å²) < 4.78 is 4.67. The van der Waals surface area contributed by atoms with Gasteiger partial charge in [0.1, 0.15) is 0 Å². The molecule has 7 nitrogen and oxygen atoms in total. The van der Waals surface area contributed by atoms with Gasteiger partial charge in [-0.2, -0.15) is 0 Å². The van der Waals surface area contributed by atoms with Gasteiger partial charge >= 0.3 is 18.0 Å². The van der Waals surface area contributed by atoms with Crippen molar-refractivity contribution >= 4 is 35.3 Å². The van der Waals surface area contributed by atoms with Crippen LogP contribution in [0.3, 0.4) is 0 Å². The van der Waals surface area contributed by atoms with Crippen LogP contribution in [0.25, 0.3) is 0 Å². The second-order valence-corrected chi connectivity index (χ2v) is 6.10. The molecule has 1 saturated carbocycles. The summed E-state index contributed by atoms with van der Waals surface area (Å²) in [6.45, 7) is 0. The van der Waals surface area contributed by atoms with Gasteiger partial charge in [-0.15, -0.1) is 0 Å². The van der Waals surface area contributed by atoms with Crippen molar-refractivity contribution in [3.63, 3.8) is 0 Å². The molecule has 1 aliphatic rings. The summed E-state index contributed by atoms with van der Waals surface area (Å²) in [5.74, 6) is -1.73. The summed E-state index contributed by atoms with van der Waals surface area (Å²) >= 11 is 5.87. The number of halogens is 1. The number of benzene rings is 1. The maximum Gasteiger partial charge on any atom is 0.340 e. The molecule has 0 aliphatic heterocycles. The van der Waals surface area contributed by atoms with Crippen molar-refractivity contribution in [3.05, 3.63) is 28.8 Å². The van der Waals surface area contributed by atoms with Gasteiger partial charge in [0, 0.05) is 11.1 Å². The number of esters is 1. The van der Waals surface area contributed by atoms with Gasteiger partial charge < -0.3 is 20.5 Å². The molecule has 0 spiro atoms. The van der Waals surface area contributed by atoms with E-state index in [-0.39, 0.29) is 17.5 Å². The molecule has 0 radical (unpaired) electrons. The number of hydrogen-bond acceptors (Lipinski definition) is 4. The molecule has 1 aromatic rings. The Morgan fingerprint density at radius 3 is 2.46 bits per heavy atom. The third kappa shape index (κ3) is 4.61. The molecule has 3 N–H and O–H groups in total. The maximum absolute atomic E-state index is 12.1. The summed E-state index contributed by atoms with van der Waals surface area (Å²) in [4.78, 5) is 34.8. The highest BCUT2D eigenvalue weighted by Gasteiger charge is 2.27. The van der Waals surface area contributed by atoms with E-state index in [9.17, 15) is 14.4 Å². The van der Waals surface area contributed by atoms with Crippen molar-refractivity contribution in [3.8, 4) is 0 Å². The Hall–Kier alpha value is -2.28. The zero-order valence-electron chi connectivity index (χ0n) is 13.2. The van der Waals surface area contributed by atoms with Crippen LogP contribution < -0.4 is 10.6 Å². The van der Waals surface area contributed by atoms with Crippen molar-refractivity contribution in [2.75, 3.05) is 12.4 Å². The Morgan fingerprint density at radius 2 is 1.88 bits per heavy atom. The van der Waals surface area contributed by atoms with Crippen LogP contribution in [-0.4, -0.2) is 36.2 Å². The van der Waals surface area contributed by atoms with Crippen molar-refractivity contribution in [2.45, 2.75) is 31.7 Å². The largest absolute Gasteiger partial charge is 0.481 e. The molecule has 2 amide bonds. The van der Waals surface area contributed by atoms with E-state index in [1.807, 2.05) is 0 Å². The third-order valence-corrected chi connectivity index (χ3v) is 4.28. The zero-order chi connectivity index (χ0) is 17.7. The van der Waals surface area contributed by atoms with Crippen LogP contribution in [0.5, 0.6) is 0 Å². The monoisotopic (exact) mass is 354 g/mol. The summed E-state index contributed by atoms with van der Waals surface area (Å²) in [5.41, 5.74) is 0.456. The minimum absolute atomic E-state index is 0.0884. The standard InChI is InChI=1S/C16H19ClN2O5/c1-24-15(22)12-8-10(17)4-7-13(12)19-16(23)18-11-5-2-9(3-6-11)14(20)21/h4,7-9,11H,2-3,5-6H2,1H3,(H,20,21)(H2,18,19,23). The summed E-state index contributed by atoms with van der Waals surface area (Å²) in [5, 5.41) is 14.7. The van der Waals surface area contributed by atoms with E-state index in [0.29, 0.717) is 36.4 Å². The van der Waals surface area contributed by atoms with Crippen molar-refractivity contribution in [1.29, 1.82) is 0 Å². The second kappa shape index (κ2) is 8.01. The fourth-order valence-corrected chi connectivity index (χ4v) is 2.90. The molecule has 0 saturated heterocycles. The lowest BCUT2D eigenvalue weighted by Gasteiger charge is -2.27. The van der Waals surface area contributed by atoms with Crippen LogP contribution in [0.1, 0.15) is 36.0 Å². The molecule has 2 rings (SSSR count). The molecule has 0 aromatic heterocycles. The van der Waals surface area contributed by atoms with Crippen LogP contribution >= 0.6 is 11.6 Å². The van der Waals surface area contributed by atoms with E-state index in [1.165, 1.54) is 19.2 Å². The molecular formula is C16H19ClN2O5.